The Balaban J connectivity index is 1.62. The van der Waals surface area contributed by atoms with E-state index in [2.05, 4.69) is 71.0 Å². The zero-order valence-corrected chi connectivity index (χ0v) is 17.9. The number of ether oxygens (including phenoxy) is 2. The molecular weight excluding hydrogens is 384 g/mol. The fourth-order valence-corrected chi connectivity index (χ4v) is 5.84. The summed E-state index contributed by atoms with van der Waals surface area (Å²) in [6, 6.07) is 23.7. The van der Waals surface area contributed by atoms with E-state index in [4.69, 9.17) is 9.47 Å². The molecule has 1 spiro atoms. The van der Waals surface area contributed by atoms with Crippen LogP contribution >= 0.6 is 0 Å². The topological polar surface area (TPSA) is 46.3 Å². The molecule has 4 heteroatoms. The van der Waals surface area contributed by atoms with Crippen LogP contribution in [0.2, 0.25) is 0 Å². The molecule has 0 fully saturated rings. The van der Waals surface area contributed by atoms with Crippen LogP contribution in [-0.4, -0.2) is 25.7 Å². The molecule has 0 saturated carbocycles. The third kappa shape index (κ3) is 2.52. The summed E-state index contributed by atoms with van der Waals surface area (Å²) < 4.78 is 11.4. The molecule has 4 nitrogen and oxygen atoms in total. The van der Waals surface area contributed by atoms with Gasteiger partial charge in [0.15, 0.2) is 11.5 Å². The van der Waals surface area contributed by atoms with Crippen molar-refractivity contribution in [3.63, 3.8) is 0 Å². The van der Waals surface area contributed by atoms with Crippen LogP contribution in [0.25, 0.3) is 10.9 Å². The standard InChI is InChI=1S/C27H26N2O2/c1-30-23-13-7-10-18(25(23)31-2)20-16-28-27(15-14-17-8-3-5-11-21(17)27)26-24(20)19-9-4-6-12-22(19)29-26/h3-13,20,28-29H,14-16H2,1-2H3. The van der Waals surface area contributed by atoms with Gasteiger partial charge < -0.3 is 19.8 Å². The molecule has 1 aromatic heterocycles. The van der Waals surface area contributed by atoms with Crippen LogP contribution < -0.4 is 14.8 Å². The Morgan fingerprint density at radius 2 is 1.74 bits per heavy atom. The van der Waals surface area contributed by atoms with E-state index < -0.39 is 0 Å². The average Bonchev–Trinajstić information content (AvgIpc) is 3.39. The Labute approximate surface area is 182 Å². The van der Waals surface area contributed by atoms with Crippen molar-refractivity contribution in [2.24, 2.45) is 0 Å². The fourth-order valence-electron chi connectivity index (χ4n) is 5.84. The average molecular weight is 411 g/mol. The lowest BCUT2D eigenvalue weighted by molar-refractivity contribution is 0.337. The number of hydrogen-bond donors (Lipinski definition) is 2. The molecule has 6 rings (SSSR count). The number of nitrogens with one attached hydrogen (secondary N) is 2. The number of para-hydroxylation sites is 2. The van der Waals surface area contributed by atoms with E-state index in [0.29, 0.717) is 0 Å². The molecule has 1 aliphatic heterocycles. The summed E-state index contributed by atoms with van der Waals surface area (Å²) in [5, 5.41) is 5.27. The number of rotatable bonds is 3. The van der Waals surface area contributed by atoms with Gasteiger partial charge in [0.25, 0.3) is 0 Å². The summed E-state index contributed by atoms with van der Waals surface area (Å²) in [5.74, 6) is 1.75. The largest absolute Gasteiger partial charge is 0.493 e. The Morgan fingerprint density at radius 3 is 2.61 bits per heavy atom. The van der Waals surface area contributed by atoms with E-state index >= 15 is 0 Å². The molecule has 0 radical (unpaired) electrons. The normalized spacial score (nSPS) is 21.8. The minimum Gasteiger partial charge on any atom is -0.493 e. The molecule has 2 atom stereocenters. The molecule has 0 saturated heterocycles. The van der Waals surface area contributed by atoms with Gasteiger partial charge in [0.05, 0.1) is 19.8 Å². The molecular formula is C27H26N2O2. The second-order valence-electron chi connectivity index (χ2n) is 8.54. The van der Waals surface area contributed by atoms with Gasteiger partial charge in [-0.05, 0) is 41.7 Å². The van der Waals surface area contributed by atoms with Crippen LogP contribution in [0.15, 0.2) is 66.7 Å². The molecule has 3 aromatic carbocycles. The van der Waals surface area contributed by atoms with Gasteiger partial charge in [0.2, 0.25) is 0 Å². The maximum atomic E-state index is 5.83. The summed E-state index contributed by atoms with van der Waals surface area (Å²) in [6.45, 7) is 0.840. The number of aryl methyl sites for hydroxylation is 1. The van der Waals surface area contributed by atoms with Crippen molar-refractivity contribution in [2.45, 2.75) is 24.3 Å². The van der Waals surface area contributed by atoms with E-state index in [1.54, 1.807) is 14.2 Å². The van der Waals surface area contributed by atoms with Crippen molar-refractivity contribution >= 4 is 10.9 Å². The van der Waals surface area contributed by atoms with Crippen molar-refractivity contribution in [3.05, 3.63) is 94.7 Å². The first kappa shape index (κ1) is 18.5. The number of methoxy groups -OCH3 is 2. The highest BCUT2D eigenvalue weighted by Gasteiger charge is 2.47. The lowest BCUT2D eigenvalue weighted by Crippen LogP contribution is -2.48. The van der Waals surface area contributed by atoms with Crippen molar-refractivity contribution < 1.29 is 9.47 Å². The molecule has 4 aromatic rings. The Morgan fingerprint density at radius 1 is 0.903 bits per heavy atom. The van der Waals surface area contributed by atoms with Gasteiger partial charge in [-0.3, -0.25) is 0 Å². The van der Waals surface area contributed by atoms with Gasteiger partial charge in [-0.2, -0.15) is 0 Å². The second-order valence-corrected chi connectivity index (χ2v) is 8.54. The van der Waals surface area contributed by atoms with Crippen LogP contribution in [0.5, 0.6) is 11.5 Å². The first-order valence-corrected chi connectivity index (χ1v) is 10.9. The highest BCUT2D eigenvalue weighted by atomic mass is 16.5. The van der Waals surface area contributed by atoms with Crippen LogP contribution in [0.1, 0.15) is 40.3 Å². The van der Waals surface area contributed by atoms with E-state index in [-0.39, 0.29) is 11.5 Å². The third-order valence-electron chi connectivity index (χ3n) is 7.18. The van der Waals surface area contributed by atoms with Crippen molar-refractivity contribution in [1.82, 2.24) is 10.3 Å². The van der Waals surface area contributed by atoms with Crippen molar-refractivity contribution in [3.8, 4) is 11.5 Å². The zero-order chi connectivity index (χ0) is 21.0. The Kier molecular flexibility index (Phi) is 4.12. The van der Waals surface area contributed by atoms with Gasteiger partial charge in [-0.25, -0.2) is 0 Å². The van der Waals surface area contributed by atoms with Crippen LogP contribution in [0.3, 0.4) is 0 Å². The minimum atomic E-state index is -0.173. The smallest absolute Gasteiger partial charge is 0.164 e. The van der Waals surface area contributed by atoms with Crippen LogP contribution in [0.4, 0.5) is 0 Å². The molecule has 0 amide bonds. The summed E-state index contributed by atoms with van der Waals surface area (Å²) in [6.07, 6.45) is 2.15. The van der Waals surface area contributed by atoms with E-state index in [1.165, 1.54) is 33.3 Å². The minimum absolute atomic E-state index is 0.162. The molecule has 2 aliphatic rings. The summed E-state index contributed by atoms with van der Waals surface area (Å²) in [5.41, 5.74) is 7.68. The summed E-state index contributed by atoms with van der Waals surface area (Å²) in [7, 11) is 3.42. The highest BCUT2D eigenvalue weighted by molar-refractivity contribution is 5.87. The van der Waals surface area contributed by atoms with Gasteiger partial charge in [0.1, 0.15) is 0 Å². The second kappa shape index (κ2) is 6.89. The Hall–Kier alpha value is -3.24. The first-order chi connectivity index (χ1) is 15.3. The zero-order valence-electron chi connectivity index (χ0n) is 17.9. The van der Waals surface area contributed by atoms with Gasteiger partial charge in [0, 0.05) is 34.6 Å². The molecule has 2 heterocycles. The molecule has 31 heavy (non-hydrogen) atoms. The molecule has 2 unspecified atom stereocenters. The lowest BCUT2D eigenvalue weighted by atomic mass is 9.76. The van der Waals surface area contributed by atoms with Crippen LogP contribution in [-0.2, 0) is 12.0 Å². The lowest BCUT2D eigenvalue weighted by Gasteiger charge is -2.40. The predicted molar refractivity (Wildman–Crippen MR) is 123 cm³/mol. The number of aromatic amines is 1. The number of H-pyrrole nitrogens is 1. The molecule has 2 N–H and O–H groups in total. The Bertz CT molecular complexity index is 1290. The number of fused-ring (bicyclic) bond motifs is 6. The molecule has 156 valence electrons. The van der Waals surface area contributed by atoms with E-state index in [1.807, 2.05) is 6.07 Å². The first-order valence-electron chi connectivity index (χ1n) is 10.9. The van der Waals surface area contributed by atoms with Gasteiger partial charge >= 0.3 is 0 Å². The quantitative estimate of drug-likeness (QED) is 0.493. The van der Waals surface area contributed by atoms with Crippen LogP contribution in [0, 0.1) is 0 Å². The number of benzene rings is 3. The number of aromatic nitrogens is 1. The SMILES string of the molecule is COc1cccc(C2CNC3(CCc4ccccc43)c3[nH]c4ccccc4c32)c1OC. The van der Waals surface area contributed by atoms with E-state index in [9.17, 15) is 0 Å². The fraction of sp³-hybridized carbons (Fsp3) is 0.259. The summed E-state index contributed by atoms with van der Waals surface area (Å²) in [4.78, 5) is 3.82. The third-order valence-corrected chi connectivity index (χ3v) is 7.18. The van der Waals surface area contributed by atoms with E-state index in [0.717, 1.165) is 36.4 Å². The highest BCUT2D eigenvalue weighted by Crippen LogP contribution is 2.51. The molecule has 1 aliphatic carbocycles. The molecule has 0 bridgehead atoms. The summed E-state index contributed by atoms with van der Waals surface area (Å²) >= 11 is 0. The van der Waals surface area contributed by atoms with Crippen molar-refractivity contribution in [1.29, 1.82) is 0 Å². The monoisotopic (exact) mass is 410 g/mol. The predicted octanol–water partition coefficient (Wildman–Crippen LogP) is 5.11. The maximum absolute atomic E-state index is 5.83. The van der Waals surface area contributed by atoms with Crippen molar-refractivity contribution in [2.75, 3.05) is 20.8 Å². The van der Waals surface area contributed by atoms with Gasteiger partial charge in [-0.1, -0.05) is 54.6 Å². The maximum Gasteiger partial charge on any atom is 0.164 e. The van der Waals surface area contributed by atoms with Gasteiger partial charge in [-0.15, -0.1) is 0 Å². The number of hydrogen-bond acceptors (Lipinski definition) is 3.